The van der Waals surface area contributed by atoms with E-state index in [9.17, 15) is 4.79 Å². The minimum atomic E-state index is 0.00350. The number of carbonyl (C=O) groups excluding carboxylic acids is 1. The van der Waals surface area contributed by atoms with Crippen LogP contribution in [0.25, 0.3) is 10.7 Å². The standard InChI is InChI=1S/C24H30N4O4S/c1-4-30-20-14-18(7-8-19(20)31-16-17(2)3)24(29)28-11-9-27(10-12-28)15-22-25-23(26-32-22)21-6-5-13-33-21/h5-8,13-14,17H,4,9-12,15-16H2,1-3H3. The van der Waals surface area contributed by atoms with Crippen LogP contribution in [0, 0.1) is 5.92 Å². The molecule has 1 saturated heterocycles. The van der Waals surface area contributed by atoms with Crippen molar-refractivity contribution in [3.8, 4) is 22.2 Å². The van der Waals surface area contributed by atoms with Crippen LogP contribution in [0.15, 0.2) is 40.2 Å². The summed E-state index contributed by atoms with van der Waals surface area (Å²) in [6.07, 6.45) is 0. The van der Waals surface area contributed by atoms with Gasteiger partial charge in [0.25, 0.3) is 5.91 Å². The number of hydrogen-bond donors (Lipinski definition) is 0. The minimum absolute atomic E-state index is 0.00350. The van der Waals surface area contributed by atoms with Crippen molar-refractivity contribution in [1.29, 1.82) is 0 Å². The molecule has 1 fully saturated rings. The molecule has 0 radical (unpaired) electrons. The fourth-order valence-corrected chi connectivity index (χ4v) is 4.24. The predicted octanol–water partition coefficient (Wildman–Crippen LogP) is 4.19. The van der Waals surface area contributed by atoms with Gasteiger partial charge in [-0.3, -0.25) is 9.69 Å². The van der Waals surface area contributed by atoms with Crippen LogP contribution in [-0.4, -0.2) is 65.2 Å². The largest absolute Gasteiger partial charge is 0.490 e. The summed E-state index contributed by atoms with van der Waals surface area (Å²) in [4.78, 5) is 22.7. The second-order valence-corrected chi connectivity index (χ2v) is 9.30. The summed E-state index contributed by atoms with van der Waals surface area (Å²) in [5.41, 5.74) is 0.612. The van der Waals surface area contributed by atoms with Crippen LogP contribution in [0.2, 0.25) is 0 Å². The van der Waals surface area contributed by atoms with Crippen LogP contribution in [0.5, 0.6) is 11.5 Å². The summed E-state index contributed by atoms with van der Waals surface area (Å²) in [6.45, 7) is 10.6. The lowest BCUT2D eigenvalue weighted by Crippen LogP contribution is -2.48. The molecular formula is C24H30N4O4S. The van der Waals surface area contributed by atoms with Crippen LogP contribution in [-0.2, 0) is 6.54 Å². The summed E-state index contributed by atoms with van der Waals surface area (Å²) in [5, 5.41) is 6.06. The van der Waals surface area contributed by atoms with Gasteiger partial charge in [-0.15, -0.1) is 11.3 Å². The van der Waals surface area contributed by atoms with Gasteiger partial charge < -0.3 is 18.9 Å². The Labute approximate surface area is 198 Å². The van der Waals surface area contributed by atoms with Gasteiger partial charge in [-0.1, -0.05) is 25.1 Å². The number of aromatic nitrogens is 2. The van der Waals surface area contributed by atoms with Crippen molar-refractivity contribution in [2.45, 2.75) is 27.3 Å². The van der Waals surface area contributed by atoms with Gasteiger partial charge in [0.1, 0.15) is 0 Å². The average Bonchev–Trinajstić information content (AvgIpc) is 3.50. The van der Waals surface area contributed by atoms with E-state index in [4.69, 9.17) is 14.0 Å². The number of amides is 1. The third-order valence-corrected chi connectivity index (χ3v) is 6.16. The molecule has 1 aromatic carbocycles. The second-order valence-electron chi connectivity index (χ2n) is 8.36. The first-order valence-corrected chi connectivity index (χ1v) is 12.2. The zero-order valence-corrected chi connectivity index (χ0v) is 20.1. The van der Waals surface area contributed by atoms with Gasteiger partial charge in [0.2, 0.25) is 11.7 Å². The van der Waals surface area contributed by atoms with Crippen LogP contribution < -0.4 is 9.47 Å². The van der Waals surface area contributed by atoms with Gasteiger partial charge in [0.05, 0.1) is 24.6 Å². The first-order chi connectivity index (χ1) is 16.0. The molecule has 3 heterocycles. The predicted molar refractivity (Wildman–Crippen MR) is 127 cm³/mol. The highest BCUT2D eigenvalue weighted by Gasteiger charge is 2.24. The van der Waals surface area contributed by atoms with E-state index >= 15 is 0 Å². The molecule has 0 atom stereocenters. The molecule has 0 N–H and O–H groups in total. The van der Waals surface area contributed by atoms with Crippen LogP contribution in [0.4, 0.5) is 0 Å². The molecule has 0 aliphatic carbocycles. The minimum Gasteiger partial charge on any atom is -0.490 e. The lowest BCUT2D eigenvalue weighted by molar-refractivity contribution is 0.0614. The molecular weight excluding hydrogens is 440 g/mol. The summed E-state index contributed by atoms with van der Waals surface area (Å²) < 4.78 is 17.0. The van der Waals surface area contributed by atoms with Gasteiger partial charge in [-0.25, -0.2) is 0 Å². The number of thiophene rings is 1. The van der Waals surface area contributed by atoms with Crippen molar-refractivity contribution >= 4 is 17.2 Å². The van der Waals surface area contributed by atoms with Gasteiger partial charge in [-0.05, 0) is 42.5 Å². The van der Waals surface area contributed by atoms with Crippen molar-refractivity contribution in [3.63, 3.8) is 0 Å². The maximum atomic E-state index is 13.1. The van der Waals surface area contributed by atoms with E-state index in [0.29, 0.717) is 67.5 Å². The summed E-state index contributed by atoms with van der Waals surface area (Å²) in [5.74, 6) is 2.92. The van der Waals surface area contributed by atoms with Crippen molar-refractivity contribution < 1.29 is 18.8 Å². The zero-order valence-electron chi connectivity index (χ0n) is 19.3. The first kappa shape index (κ1) is 23.3. The van der Waals surface area contributed by atoms with E-state index in [0.717, 1.165) is 18.0 Å². The number of hydrogen-bond acceptors (Lipinski definition) is 8. The summed E-state index contributed by atoms with van der Waals surface area (Å²) >= 11 is 1.59. The van der Waals surface area contributed by atoms with E-state index in [2.05, 4.69) is 28.9 Å². The highest BCUT2D eigenvalue weighted by atomic mass is 32.1. The monoisotopic (exact) mass is 470 g/mol. The molecule has 0 saturated carbocycles. The SMILES string of the molecule is CCOc1cc(C(=O)N2CCN(Cc3nc(-c4cccs4)no3)CC2)ccc1OCC(C)C. The molecule has 8 nitrogen and oxygen atoms in total. The zero-order chi connectivity index (χ0) is 23.2. The Morgan fingerprint density at radius 1 is 1.15 bits per heavy atom. The molecule has 2 aromatic heterocycles. The van der Waals surface area contributed by atoms with Gasteiger partial charge >= 0.3 is 0 Å². The van der Waals surface area contributed by atoms with Gasteiger partial charge in [-0.2, -0.15) is 4.98 Å². The highest BCUT2D eigenvalue weighted by molar-refractivity contribution is 7.13. The number of ether oxygens (including phenoxy) is 2. The van der Waals surface area contributed by atoms with Crippen LogP contribution in [0.3, 0.4) is 0 Å². The van der Waals surface area contributed by atoms with Crippen molar-refractivity contribution in [1.82, 2.24) is 19.9 Å². The molecule has 1 amide bonds. The van der Waals surface area contributed by atoms with Crippen molar-refractivity contribution in [2.24, 2.45) is 5.92 Å². The lowest BCUT2D eigenvalue weighted by atomic mass is 10.1. The second kappa shape index (κ2) is 10.8. The van der Waals surface area contributed by atoms with E-state index < -0.39 is 0 Å². The van der Waals surface area contributed by atoms with E-state index in [1.54, 1.807) is 17.4 Å². The van der Waals surface area contributed by atoms with Gasteiger partial charge in [0, 0.05) is 31.7 Å². The smallest absolute Gasteiger partial charge is 0.254 e. The Bertz CT molecular complexity index is 1040. The third-order valence-electron chi connectivity index (χ3n) is 5.29. The average molecular weight is 471 g/mol. The quantitative estimate of drug-likeness (QED) is 0.464. The fraction of sp³-hybridized carbons (Fsp3) is 0.458. The molecule has 1 aliphatic rings. The molecule has 33 heavy (non-hydrogen) atoms. The molecule has 0 spiro atoms. The normalized spacial score (nSPS) is 14.6. The first-order valence-electron chi connectivity index (χ1n) is 11.3. The number of benzene rings is 1. The van der Waals surface area contributed by atoms with Gasteiger partial charge in [0.15, 0.2) is 11.5 Å². The molecule has 1 aliphatic heterocycles. The number of piperazine rings is 1. The van der Waals surface area contributed by atoms with Crippen molar-refractivity contribution in [2.75, 3.05) is 39.4 Å². The summed E-state index contributed by atoms with van der Waals surface area (Å²) in [6, 6.07) is 9.38. The molecule has 3 aromatic rings. The number of carbonyl (C=O) groups is 1. The van der Waals surface area contributed by atoms with Crippen LogP contribution in [0.1, 0.15) is 37.0 Å². The Kier molecular flexibility index (Phi) is 7.61. The fourth-order valence-electron chi connectivity index (χ4n) is 3.59. The van der Waals surface area contributed by atoms with E-state index in [1.165, 1.54) is 0 Å². The van der Waals surface area contributed by atoms with E-state index in [1.807, 2.05) is 41.5 Å². The highest BCUT2D eigenvalue weighted by Crippen LogP contribution is 2.30. The molecule has 9 heteroatoms. The Balaban J connectivity index is 1.33. The third kappa shape index (κ3) is 5.91. The Hall–Kier alpha value is -2.91. The molecule has 176 valence electrons. The Morgan fingerprint density at radius 3 is 2.67 bits per heavy atom. The number of rotatable bonds is 9. The molecule has 0 bridgehead atoms. The molecule has 0 unspecified atom stereocenters. The number of nitrogens with zero attached hydrogens (tertiary/aromatic N) is 4. The summed E-state index contributed by atoms with van der Waals surface area (Å²) in [7, 11) is 0. The topological polar surface area (TPSA) is 80.9 Å². The van der Waals surface area contributed by atoms with Crippen molar-refractivity contribution in [3.05, 3.63) is 47.2 Å². The maximum absolute atomic E-state index is 13.1. The lowest BCUT2D eigenvalue weighted by Gasteiger charge is -2.34. The Morgan fingerprint density at radius 2 is 1.97 bits per heavy atom. The van der Waals surface area contributed by atoms with E-state index in [-0.39, 0.29) is 5.91 Å². The van der Waals surface area contributed by atoms with Crippen LogP contribution >= 0.6 is 11.3 Å². The maximum Gasteiger partial charge on any atom is 0.254 e. The molecule has 4 rings (SSSR count).